The maximum atomic E-state index is 12.3. The third-order valence-electron chi connectivity index (χ3n) is 4.76. The number of benzene rings is 2. The van der Waals surface area contributed by atoms with Gasteiger partial charge in [0.15, 0.2) is 0 Å². The highest BCUT2D eigenvalue weighted by molar-refractivity contribution is 14.1. The minimum Gasteiger partial charge on any atom is -0.324 e. The number of likely N-dealkylation sites (tertiary alicyclic amines) is 1. The van der Waals surface area contributed by atoms with Gasteiger partial charge in [0.2, 0.25) is 5.91 Å². The van der Waals surface area contributed by atoms with Gasteiger partial charge in [-0.3, -0.25) is 9.69 Å². The standard InChI is InChI=1S/C20H20IN3OS/c21-15-5-1-2-6-16(15)22-19(25)13-24-11-9-14(10-12-24)20-23-17-7-3-4-8-18(17)26-20/h1-8,14H,9-13H2,(H,22,25). The fourth-order valence-electron chi connectivity index (χ4n) is 3.36. The van der Waals surface area contributed by atoms with E-state index in [1.165, 1.54) is 9.71 Å². The van der Waals surface area contributed by atoms with Crippen LogP contribution in [-0.2, 0) is 4.79 Å². The van der Waals surface area contributed by atoms with Crippen molar-refractivity contribution >= 4 is 55.7 Å². The van der Waals surface area contributed by atoms with Crippen LogP contribution in [0.3, 0.4) is 0 Å². The molecular weight excluding hydrogens is 457 g/mol. The largest absolute Gasteiger partial charge is 0.324 e. The van der Waals surface area contributed by atoms with Crippen LogP contribution in [0.15, 0.2) is 48.5 Å². The molecule has 1 fully saturated rings. The average Bonchev–Trinajstić information content (AvgIpc) is 3.08. The van der Waals surface area contributed by atoms with Gasteiger partial charge in [-0.15, -0.1) is 11.3 Å². The topological polar surface area (TPSA) is 45.2 Å². The van der Waals surface area contributed by atoms with E-state index < -0.39 is 0 Å². The summed E-state index contributed by atoms with van der Waals surface area (Å²) < 4.78 is 2.33. The van der Waals surface area contributed by atoms with E-state index in [2.05, 4.69) is 51.0 Å². The third-order valence-corrected chi connectivity index (χ3v) is 6.90. The number of carbonyl (C=O) groups excluding carboxylic acids is 1. The Hall–Kier alpha value is -1.51. The minimum absolute atomic E-state index is 0.0625. The molecule has 0 unspecified atom stereocenters. The molecule has 1 aromatic heterocycles. The Balaban J connectivity index is 1.32. The van der Waals surface area contributed by atoms with Crippen LogP contribution in [0.1, 0.15) is 23.8 Å². The Morgan fingerprint density at radius 3 is 2.65 bits per heavy atom. The van der Waals surface area contributed by atoms with Crippen LogP contribution < -0.4 is 5.32 Å². The maximum absolute atomic E-state index is 12.3. The molecule has 2 aromatic carbocycles. The summed E-state index contributed by atoms with van der Waals surface area (Å²) in [5.74, 6) is 0.578. The molecule has 0 bridgehead atoms. The molecule has 26 heavy (non-hydrogen) atoms. The quantitative estimate of drug-likeness (QED) is 0.554. The van der Waals surface area contributed by atoms with Crippen LogP contribution in [0.25, 0.3) is 10.2 Å². The number of anilines is 1. The molecule has 4 rings (SSSR count). The van der Waals surface area contributed by atoms with Crippen molar-refractivity contribution in [1.82, 2.24) is 9.88 Å². The summed E-state index contributed by atoms with van der Waals surface area (Å²) in [6.45, 7) is 2.34. The lowest BCUT2D eigenvalue weighted by Gasteiger charge is -2.30. The summed E-state index contributed by atoms with van der Waals surface area (Å²) in [6.07, 6.45) is 2.13. The van der Waals surface area contributed by atoms with Gasteiger partial charge < -0.3 is 5.32 Å². The van der Waals surface area contributed by atoms with Gasteiger partial charge in [-0.2, -0.15) is 0 Å². The molecule has 3 aromatic rings. The van der Waals surface area contributed by atoms with E-state index in [1.54, 1.807) is 0 Å². The fourth-order valence-corrected chi connectivity index (χ4v) is 5.02. The van der Waals surface area contributed by atoms with Crippen LogP contribution in [0.4, 0.5) is 5.69 Å². The highest BCUT2D eigenvalue weighted by atomic mass is 127. The van der Waals surface area contributed by atoms with E-state index in [0.29, 0.717) is 12.5 Å². The number of piperidine rings is 1. The molecule has 0 spiro atoms. The van der Waals surface area contributed by atoms with E-state index in [-0.39, 0.29) is 5.91 Å². The Bertz CT molecular complexity index is 885. The molecule has 1 N–H and O–H groups in total. The first-order valence-electron chi connectivity index (χ1n) is 8.81. The zero-order chi connectivity index (χ0) is 17.9. The molecule has 1 saturated heterocycles. The number of halogens is 1. The molecule has 134 valence electrons. The molecule has 1 aliphatic rings. The summed E-state index contributed by atoms with van der Waals surface area (Å²) in [5.41, 5.74) is 1.99. The summed E-state index contributed by atoms with van der Waals surface area (Å²) in [5, 5.41) is 4.26. The number of thiazole rings is 1. The maximum Gasteiger partial charge on any atom is 0.238 e. The van der Waals surface area contributed by atoms with Gasteiger partial charge in [0.1, 0.15) is 0 Å². The molecule has 1 amide bonds. The Kier molecular flexibility index (Phi) is 5.52. The summed E-state index contributed by atoms with van der Waals surface area (Å²) in [4.78, 5) is 19.4. The number of nitrogens with zero attached hydrogens (tertiary/aromatic N) is 2. The predicted molar refractivity (Wildman–Crippen MR) is 116 cm³/mol. The van der Waals surface area contributed by atoms with E-state index >= 15 is 0 Å². The van der Waals surface area contributed by atoms with E-state index in [9.17, 15) is 4.79 Å². The summed E-state index contributed by atoms with van der Waals surface area (Å²) in [7, 11) is 0. The Labute approximate surface area is 170 Å². The first kappa shape index (κ1) is 17.9. The lowest BCUT2D eigenvalue weighted by Crippen LogP contribution is -2.38. The number of nitrogens with one attached hydrogen (secondary N) is 1. The van der Waals surface area contributed by atoms with Crippen molar-refractivity contribution < 1.29 is 4.79 Å². The van der Waals surface area contributed by atoms with Gasteiger partial charge in [0.25, 0.3) is 0 Å². The normalized spacial score (nSPS) is 16.0. The lowest BCUT2D eigenvalue weighted by molar-refractivity contribution is -0.117. The van der Waals surface area contributed by atoms with Crippen molar-refractivity contribution in [2.75, 3.05) is 25.0 Å². The monoisotopic (exact) mass is 477 g/mol. The molecule has 4 nitrogen and oxygen atoms in total. The highest BCUT2D eigenvalue weighted by Crippen LogP contribution is 2.33. The van der Waals surface area contributed by atoms with Crippen LogP contribution in [0, 0.1) is 3.57 Å². The molecule has 0 saturated carbocycles. The molecule has 0 aliphatic carbocycles. The number of hydrogen-bond acceptors (Lipinski definition) is 4. The number of carbonyl (C=O) groups is 1. The van der Waals surface area contributed by atoms with E-state index in [0.717, 1.165) is 40.7 Å². The molecular formula is C20H20IN3OS. The predicted octanol–water partition coefficient (Wildman–Crippen LogP) is 4.72. The van der Waals surface area contributed by atoms with Gasteiger partial charge in [0.05, 0.1) is 27.5 Å². The average molecular weight is 477 g/mol. The molecule has 1 aliphatic heterocycles. The van der Waals surface area contributed by atoms with Crippen LogP contribution in [0.2, 0.25) is 0 Å². The second-order valence-electron chi connectivity index (χ2n) is 6.60. The van der Waals surface area contributed by atoms with Gasteiger partial charge in [0, 0.05) is 9.49 Å². The van der Waals surface area contributed by atoms with Crippen molar-refractivity contribution in [2.24, 2.45) is 0 Å². The second-order valence-corrected chi connectivity index (χ2v) is 8.82. The number of para-hydroxylation sites is 2. The molecule has 0 atom stereocenters. The smallest absolute Gasteiger partial charge is 0.238 e. The van der Waals surface area contributed by atoms with Gasteiger partial charge in [-0.25, -0.2) is 4.98 Å². The first-order valence-corrected chi connectivity index (χ1v) is 10.7. The molecule has 2 heterocycles. The number of amides is 1. The number of hydrogen-bond donors (Lipinski definition) is 1. The third kappa shape index (κ3) is 4.07. The van der Waals surface area contributed by atoms with Crippen LogP contribution in [0.5, 0.6) is 0 Å². The van der Waals surface area contributed by atoms with Crippen molar-refractivity contribution in [1.29, 1.82) is 0 Å². The summed E-state index contributed by atoms with van der Waals surface area (Å²) >= 11 is 4.06. The Morgan fingerprint density at radius 1 is 1.15 bits per heavy atom. The van der Waals surface area contributed by atoms with E-state index in [4.69, 9.17) is 4.98 Å². The van der Waals surface area contributed by atoms with E-state index in [1.807, 2.05) is 41.7 Å². The number of aromatic nitrogens is 1. The number of fused-ring (bicyclic) bond motifs is 1. The van der Waals surface area contributed by atoms with Crippen LogP contribution in [-0.4, -0.2) is 35.4 Å². The van der Waals surface area contributed by atoms with Crippen molar-refractivity contribution in [2.45, 2.75) is 18.8 Å². The zero-order valence-corrected chi connectivity index (χ0v) is 17.3. The van der Waals surface area contributed by atoms with Crippen molar-refractivity contribution in [3.8, 4) is 0 Å². The Morgan fingerprint density at radius 2 is 1.88 bits per heavy atom. The van der Waals surface area contributed by atoms with Gasteiger partial charge in [-0.1, -0.05) is 24.3 Å². The first-order chi connectivity index (χ1) is 12.7. The van der Waals surface area contributed by atoms with Crippen molar-refractivity contribution in [3.63, 3.8) is 0 Å². The van der Waals surface area contributed by atoms with Crippen LogP contribution >= 0.6 is 33.9 Å². The molecule has 6 heteroatoms. The highest BCUT2D eigenvalue weighted by Gasteiger charge is 2.24. The number of rotatable bonds is 4. The lowest BCUT2D eigenvalue weighted by atomic mass is 9.97. The van der Waals surface area contributed by atoms with Crippen molar-refractivity contribution in [3.05, 3.63) is 57.1 Å². The zero-order valence-electron chi connectivity index (χ0n) is 14.3. The second kappa shape index (κ2) is 8.02. The van der Waals surface area contributed by atoms with Gasteiger partial charge >= 0.3 is 0 Å². The SMILES string of the molecule is O=C(CN1CCC(c2nc3ccccc3s2)CC1)Nc1ccccc1I. The fraction of sp³-hybridized carbons (Fsp3) is 0.300. The minimum atomic E-state index is 0.0625. The molecule has 0 radical (unpaired) electrons. The van der Waals surface area contributed by atoms with Gasteiger partial charge in [-0.05, 0) is 72.8 Å². The summed E-state index contributed by atoms with van der Waals surface area (Å²) in [6, 6.07) is 16.2.